The summed E-state index contributed by atoms with van der Waals surface area (Å²) in [7, 11) is 0. The van der Waals surface area contributed by atoms with Crippen LogP contribution in [0, 0.1) is 11.3 Å². The number of benzene rings is 1. The maximum absolute atomic E-state index is 12.1. The number of thioether (sulfide) groups is 1. The second-order valence-corrected chi connectivity index (χ2v) is 5.30. The van der Waals surface area contributed by atoms with Gasteiger partial charge in [0.1, 0.15) is 11.6 Å². The Morgan fingerprint density at radius 2 is 2.00 bits per heavy atom. The highest BCUT2D eigenvalue weighted by Gasteiger charge is 2.15. The normalized spacial score (nSPS) is 10.1. The molecule has 5 heteroatoms. The third kappa shape index (κ3) is 3.06. The first-order valence-electron chi connectivity index (χ1n) is 6.45. The second-order valence-electron chi connectivity index (χ2n) is 4.42. The van der Waals surface area contributed by atoms with E-state index in [0.717, 1.165) is 10.5 Å². The van der Waals surface area contributed by atoms with Crippen molar-refractivity contribution in [1.82, 2.24) is 4.98 Å². The number of Topliss-reactive ketones (excluding diaryl/α,β-unsaturated/α-hetero) is 1. The van der Waals surface area contributed by atoms with Gasteiger partial charge in [0.2, 0.25) is 0 Å². The van der Waals surface area contributed by atoms with Crippen LogP contribution in [0.2, 0.25) is 0 Å². The van der Waals surface area contributed by atoms with Crippen LogP contribution in [0.1, 0.15) is 29.3 Å². The summed E-state index contributed by atoms with van der Waals surface area (Å²) in [5.74, 6) is -0.105. The Morgan fingerprint density at radius 3 is 2.52 bits per heavy atom. The number of nitrogens with zero attached hydrogens (tertiary/aromatic N) is 1. The van der Waals surface area contributed by atoms with Gasteiger partial charge in [-0.1, -0.05) is 19.1 Å². The zero-order chi connectivity index (χ0) is 15.4. The van der Waals surface area contributed by atoms with E-state index < -0.39 is 5.56 Å². The zero-order valence-corrected chi connectivity index (χ0v) is 12.6. The molecule has 2 rings (SSSR count). The Bertz CT molecular complexity index is 770. The number of aromatic amines is 1. The first-order valence-corrected chi connectivity index (χ1v) is 7.68. The summed E-state index contributed by atoms with van der Waals surface area (Å²) in [4.78, 5) is 27.7. The van der Waals surface area contributed by atoms with Crippen molar-refractivity contribution in [2.75, 3.05) is 6.26 Å². The molecule has 0 amide bonds. The van der Waals surface area contributed by atoms with Crippen LogP contribution in [-0.2, 0) is 0 Å². The number of carbonyl (C=O) groups excluding carboxylic acids is 1. The molecule has 0 aliphatic carbocycles. The molecule has 0 spiro atoms. The minimum atomic E-state index is -0.478. The van der Waals surface area contributed by atoms with Gasteiger partial charge in [0.25, 0.3) is 5.56 Å². The summed E-state index contributed by atoms with van der Waals surface area (Å²) in [6, 6.07) is 10.8. The number of aromatic nitrogens is 1. The third-order valence-corrected chi connectivity index (χ3v) is 3.91. The quantitative estimate of drug-likeness (QED) is 0.694. The number of pyridine rings is 1. The molecule has 21 heavy (non-hydrogen) atoms. The Hall–Kier alpha value is -2.32. The van der Waals surface area contributed by atoms with E-state index in [1.54, 1.807) is 18.7 Å². The Kier molecular flexibility index (Phi) is 4.61. The average Bonchev–Trinajstić information content (AvgIpc) is 2.54. The minimum absolute atomic E-state index is 0.0451. The summed E-state index contributed by atoms with van der Waals surface area (Å²) >= 11 is 1.61. The van der Waals surface area contributed by atoms with E-state index in [2.05, 4.69) is 4.98 Å². The van der Waals surface area contributed by atoms with E-state index in [4.69, 9.17) is 5.26 Å². The van der Waals surface area contributed by atoms with E-state index in [1.165, 1.54) is 6.07 Å². The van der Waals surface area contributed by atoms with Gasteiger partial charge in [0, 0.05) is 16.9 Å². The Morgan fingerprint density at radius 1 is 1.33 bits per heavy atom. The third-order valence-electron chi connectivity index (χ3n) is 3.16. The van der Waals surface area contributed by atoms with Gasteiger partial charge in [0.05, 0.1) is 5.69 Å². The van der Waals surface area contributed by atoms with E-state index in [-0.39, 0.29) is 11.3 Å². The van der Waals surface area contributed by atoms with E-state index in [1.807, 2.05) is 36.6 Å². The molecule has 0 saturated heterocycles. The summed E-state index contributed by atoms with van der Waals surface area (Å²) in [5, 5.41) is 8.94. The number of nitrogens with one attached hydrogen (secondary N) is 1. The lowest BCUT2D eigenvalue weighted by atomic mass is 10.00. The van der Waals surface area contributed by atoms with Crippen molar-refractivity contribution in [3.8, 4) is 17.3 Å². The molecular formula is C16H14N2O2S. The maximum atomic E-state index is 12.1. The van der Waals surface area contributed by atoms with Crippen LogP contribution in [0.4, 0.5) is 0 Å². The maximum Gasteiger partial charge on any atom is 0.266 e. The highest BCUT2D eigenvalue weighted by Crippen LogP contribution is 2.25. The predicted molar refractivity (Wildman–Crippen MR) is 83.6 cm³/mol. The van der Waals surface area contributed by atoms with Crippen molar-refractivity contribution in [2.24, 2.45) is 0 Å². The molecule has 0 radical (unpaired) electrons. The topological polar surface area (TPSA) is 73.7 Å². The molecule has 1 aromatic carbocycles. The van der Waals surface area contributed by atoms with E-state index in [0.29, 0.717) is 17.7 Å². The molecule has 0 aliphatic heterocycles. The van der Waals surface area contributed by atoms with E-state index in [9.17, 15) is 9.59 Å². The van der Waals surface area contributed by atoms with Gasteiger partial charge in [-0.15, -0.1) is 11.8 Å². The largest absolute Gasteiger partial charge is 0.320 e. The van der Waals surface area contributed by atoms with Gasteiger partial charge in [-0.3, -0.25) is 9.59 Å². The highest BCUT2D eigenvalue weighted by molar-refractivity contribution is 7.98. The monoisotopic (exact) mass is 298 g/mol. The number of carbonyl (C=O) groups is 1. The molecule has 0 unspecified atom stereocenters. The molecule has 2 aromatic rings. The van der Waals surface area contributed by atoms with Crippen LogP contribution in [0.3, 0.4) is 0 Å². The van der Waals surface area contributed by atoms with E-state index >= 15 is 0 Å². The SMILES string of the molecule is CCC(=O)c1cc(C#N)c(=O)[nH]c1-c1ccc(SC)cc1. The van der Waals surface area contributed by atoms with Gasteiger partial charge in [0.15, 0.2) is 5.78 Å². The fraction of sp³-hybridized carbons (Fsp3) is 0.188. The molecule has 1 aromatic heterocycles. The summed E-state index contributed by atoms with van der Waals surface area (Å²) in [6.07, 6.45) is 2.29. The van der Waals surface area contributed by atoms with Crippen LogP contribution in [0.15, 0.2) is 40.0 Å². The van der Waals surface area contributed by atoms with Crippen molar-refractivity contribution < 1.29 is 4.79 Å². The molecule has 1 heterocycles. The first kappa shape index (κ1) is 15.1. The Balaban J connectivity index is 2.65. The summed E-state index contributed by atoms with van der Waals surface area (Å²) in [5.41, 5.74) is 1.08. The van der Waals surface area contributed by atoms with Gasteiger partial charge in [-0.05, 0) is 30.0 Å². The molecule has 1 N–H and O–H groups in total. The molecule has 0 bridgehead atoms. The van der Waals surface area contributed by atoms with Gasteiger partial charge >= 0.3 is 0 Å². The van der Waals surface area contributed by atoms with Crippen molar-refractivity contribution in [3.63, 3.8) is 0 Å². The average molecular weight is 298 g/mol. The lowest BCUT2D eigenvalue weighted by molar-refractivity contribution is 0.0988. The predicted octanol–water partition coefficient (Wildman–Crippen LogP) is 3.23. The summed E-state index contributed by atoms with van der Waals surface area (Å²) < 4.78 is 0. The fourth-order valence-corrected chi connectivity index (χ4v) is 2.42. The van der Waals surface area contributed by atoms with Crippen LogP contribution < -0.4 is 5.56 Å². The van der Waals surface area contributed by atoms with Crippen LogP contribution in [-0.4, -0.2) is 17.0 Å². The van der Waals surface area contributed by atoms with Crippen LogP contribution >= 0.6 is 11.8 Å². The number of hydrogen-bond donors (Lipinski definition) is 1. The minimum Gasteiger partial charge on any atom is -0.320 e. The second kappa shape index (κ2) is 6.42. The first-order chi connectivity index (χ1) is 10.1. The van der Waals surface area contributed by atoms with Crippen molar-refractivity contribution in [3.05, 3.63) is 51.8 Å². The number of hydrogen-bond acceptors (Lipinski definition) is 4. The number of ketones is 1. The molecule has 0 fully saturated rings. The highest BCUT2D eigenvalue weighted by atomic mass is 32.2. The van der Waals surface area contributed by atoms with Crippen molar-refractivity contribution >= 4 is 17.5 Å². The number of H-pyrrole nitrogens is 1. The molecule has 0 aliphatic rings. The van der Waals surface area contributed by atoms with Gasteiger partial charge < -0.3 is 4.98 Å². The van der Waals surface area contributed by atoms with Crippen molar-refractivity contribution in [1.29, 1.82) is 5.26 Å². The molecule has 106 valence electrons. The smallest absolute Gasteiger partial charge is 0.266 e. The van der Waals surface area contributed by atoms with Crippen LogP contribution in [0.25, 0.3) is 11.3 Å². The van der Waals surface area contributed by atoms with Gasteiger partial charge in [-0.2, -0.15) is 5.26 Å². The lowest BCUT2D eigenvalue weighted by Crippen LogP contribution is -2.15. The number of nitriles is 1. The van der Waals surface area contributed by atoms with Crippen LogP contribution in [0.5, 0.6) is 0 Å². The van der Waals surface area contributed by atoms with Gasteiger partial charge in [-0.25, -0.2) is 0 Å². The summed E-state index contributed by atoms with van der Waals surface area (Å²) in [6.45, 7) is 1.75. The lowest BCUT2D eigenvalue weighted by Gasteiger charge is -2.09. The molecule has 0 saturated carbocycles. The molecular weight excluding hydrogens is 284 g/mol. The standard InChI is InChI=1S/C16H14N2O2S/c1-3-14(19)13-8-11(9-17)16(20)18-15(13)10-4-6-12(21-2)7-5-10/h4-8H,3H2,1-2H3,(H,18,20). The molecule has 0 atom stereocenters. The van der Waals surface area contributed by atoms with Crippen molar-refractivity contribution in [2.45, 2.75) is 18.2 Å². The Labute approximate surface area is 126 Å². The number of rotatable bonds is 4. The molecule has 4 nitrogen and oxygen atoms in total. The zero-order valence-electron chi connectivity index (χ0n) is 11.8. The fourth-order valence-electron chi connectivity index (χ4n) is 2.01.